The molecule has 0 N–H and O–H groups in total. The maximum Gasteiger partial charge on any atom is 0.311 e. The number of ether oxygens (including phenoxy) is 1. The Morgan fingerprint density at radius 2 is 1.42 bits per heavy atom. The van der Waals surface area contributed by atoms with Crippen LogP contribution in [0.3, 0.4) is 0 Å². The summed E-state index contributed by atoms with van der Waals surface area (Å²) in [6.07, 6.45) is 7.85. The number of carbonyl (C=O) groups excluding carboxylic acids is 3. The molecule has 2 heterocycles. The van der Waals surface area contributed by atoms with Gasteiger partial charge in [0.1, 0.15) is 5.75 Å². The summed E-state index contributed by atoms with van der Waals surface area (Å²) in [4.78, 5) is 42.0. The molecular weight excluding hydrogens is 392 g/mol. The number of hydrogen-bond donors (Lipinski definition) is 0. The van der Waals surface area contributed by atoms with Gasteiger partial charge in [0, 0.05) is 25.4 Å². The van der Waals surface area contributed by atoms with Crippen LogP contribution in [0.25, 0.3) is 12.2 Å². The summed E-state index contributed by atoms with van der Waals surface area (Å²) in [6, 6.07) is 17.7. The Morgan fingerprint density at radius 1 is 0.839 bits per heavy atom. The van der Waals surface area contributed by atoms with Crippen LogP contribution in [0.4, 0.5) is 0 Å². The van der Waals surface area contributed by atoms with Crippen molar-refractivity contribution in [1.82, 2.24) is 9.88 Å². The van der Waals surface area contributed by atoms with Crippen LogP contribution in [-0.4, -0.2) is 34.2 Å². The molecule has 154 valence electrons. The Morgan fingerprint density at radius 3 is 2.03 bits per heavy atom. The normalized spacial score (nSPS) is 13.0. The number of pyridine rings is 1. The Labute approximate surface area is 179 Å². The fraction of sp³-hybridized carbons (Fsp3) is 0.120. The van der Waals surface area contributed by atoms with E-state index in [1.807, 2.05) is 36.4 Å². The van der Waals surface area contributed by atoms with Gasteiger partial charge in [-0.05, 0) is 53.9 Å². The minimum Gasteiger partial charge on any atom is -0.427 e. The molecule has 2 aromatic carbocycles. The predicted molar refractivity (Wildman–Crippen MR) is 116 cm³/mol. The molecule has 0 atom stereocenters. The van der Waals surface area contributed by atoms with E-state index in [0.29, 0.717) is 23.3 Å². The SMILES string of the molecule is O=C(CCCN1C(=O)c2ccccc2C1=O)Oc1ccc(/C=C/c2ccncc2)cc1. The number of nitrogens with zero attached hydrogens (tertiary/aromatic N) is 2. The summed E-state index contributed by atoms with van der Waals surface area (Å²) in [6.45, 7) is 0.181. The zero-order chi connectivity index (χ0) is 21.6. The highest BCUT2D eigenvalue weighted by atomic mass is 16.5. The highest BCUT2D eigenvalue weighted by molar-refractivity contribution is 6.21. The van der Waals surface area contributed by atoms with Crippen molar-refractivity contribution >= 4 is 29.9 Å². The first kappa shape index (κ1) is 20.2. The van der Waals surface area contributed by atoms with Crippen molar-refractivity contribution < 1.29 is 19.1 Å². The minimum absolute atomic E-state index is 0.108. The molecule has 1 aliphatic rings. The van der Waals surface area contributed by atoms with Gasteiger partial charge in [-0.2, -0.15) is 0 Å². The molecule has 3 aromatic rings. The fourth-order valence-electron chi connectivity index (χ4n) is 3.32. The van der Waals surface area contributed by atoms with Crippen LogP contribution in [0.15, 0.2) is 73.1 Å². The number of amides is 2. The Kier molecular flexibility index (Phi) is 5.98. The Hall–Kier alpha value is -4.06. The molecule has 0 saturated carbocycles. The fourth-order valence-corrected chi connectivity index (χ4v) is 3.32. The van der Waals surface area contributed by atoms with E-state index in [4.69, 9.17) is 4.74 Å². The van der Waals surface area contributed by atoms with Crippen LogP contribution in [0.1, 0.15) is 44.7 Å². The number of esters is 1. The first-order chi connectivity index (χ1) is 15.1. The molecule has 4 rings (SSSR count). The third kappa shape index (κ3) is 4.75. The van der Waals surface area contributed by atoms with Crippen molar-refractivity contribution in [3.05, 3.63) is 95.3 Å². The molecule has 2 amide bonds. The lowest BCUT2D eigenvalue weighted by molar-refractivity contribution is -0.134. The first-order valence-electron chi connectivity index (χ1n) is 9.96. The summed E-state index contributed by atoms with van der Waals surface area (Å²) < 4.78 is 5.35. The molecule has 1 aliphatic heterocycles. The third-order valence-electron chi connectivity index (χ3n) is 4.93. The predicted octanol–water partition coefficient (Wildman–Crippen LogP) is 4.23. The maximum atomic E-state index is 12.3. The second kappa shape index (κ2) is 9.17. The van der Waals surface area contributed by atoms with Crippen molar-refractivity contribution in [2.45, 2.75) is 12.8 Å². The van der Waals surface area contributed by atoms with Crippen LogP contribution in [0.2, 0.25) is 0 Å². The van der Waals surface area contributed by atoms with Crippen molar-refractivity contribution in [2.24, 2.45) is 0 Å². The topological polar surface area (TPSA) is 76.6 Å². The molecule has 1 aromatic heterocycles. The summed E-state index contributed by atoms with van der Waals surface area (Å²) in [7, 11) is 0. The first-order valence-corrected chi connectivity index (χ1v) is 9.96. The van der Waals surface area contributed by atoms with E-state index >= 15 is 0 Å². The van der Waals surface area contributed by atoms with Crippen molar-refractivity contribution in [1.29, 1.82) is 0 Å². The Balaban J connectivity index is 1.25. The molecular formula is C25H20N2O4. The molecule has 6 nitrogen and oxygen atoms in total. The molecule has 0 aliphatic carbocycles. The average molecular weight is 412 g/mol. The van der Waals surface area contributed by atoms with Gasteiger partial charge < -0.3 is 4.74 Å². The van der Waals surface area contributed by atoms with Gasteiger partial charge in [-0.3, -0.25) is 24.3 Å². The van der Waals surface area contributed by atoms with E-state index in [-0.39, 0.29) is 24.8 Å². The van der Waals surface area contributed by atoms with Gasteiger partial charge >= 0.3 is 5.97 Å². The van der Waals surface area contributed by atoms with Crippen LogP contribution in [0.5, 0.6) is 5.75 Å². The molecule has 31 heavy (non-hydrogen) atoms. The lowest BCUT2D eigenvalue weighted by Gasteiger charge is -2.13. The van der Waals surface area contributed by atoms with Crippen molar-refractivity contribution in [2.75, 3.05) is 6.54 Å². The number of aromatic nitrogens is 1. The quantitative estimate of drug-likeness (QED) is 0.330. The number of fused-ring (bicyclic) bond motifs is 1. The van der Waals surface area contributed by atoms with Gasteiger partial charge in [-0.15, -0.1) is 0 Å². The van der Waals surface area contributed by atoms with Gasteiger partial charge in [0.15, 0.2) is 0 Å². The molecule has 0 unspecified atom stereocenters. The van der Waals surface area contributed by atoms with E-state index in [0.717, 1.165) is 11.1 Å². The number of imide groups is 1. The largest absolute Gasteiger partial charge is 0.427 e. The zero-order valence-electron chi connectivity index (χ0n) is 16.7. The Bertz CT molecular complexity index is 1100. The molecule has 0 bridgehead atoms. The second-order valence-corrected chi connectivity index (χ2v) is 7.07. The molecule has 0 spiro atoms. The highest BCUT2D eigenvalue weighted by Gasteiger charge is 2.34. The third-order valence-corrected chi connectivity index (χ3v) is 4.93. The lowest BCUT2D eigenvalue weighted by atomic mass is 10.1. The number of carbonyl (C=O) groups is 3. The number of hydrogen-bond acceptors (Lipinski definition) is 5. The summed E-state index contributed by atoms with van der Waals surface area (Å²) in [5, 5.41) is 0. The van der Waals surface area contributed by atoms with Gasteiger partial charge in [-0.25, -0.2) is 0 Å². The van der Waals surface area contributed by atoms with E-state index in [9.17, 15) is 14.4 Å². The average Bonchev–Trinajstić information content (AvgIpc) is 3.04. The van der Waals surface area contributed by atoms with Crippen molar-refractivity contribution in [3.63, 3.8) is 0 Å². The summed E-state index contributed by atoms with van der Waals surface area (Å²) in [5.74, 6) is -0.586. The van der Waals surface area contributed by atoms with E-state index < -0.39 is 5.97 Å². The smallest absolute Gasteiger partial charge is 0.311 e. The number of rotatable bonds is 7. The van der Waals surface area contributed by atoms with E-state index in [2.05, 4.69) is 4.98 Å². The van der Waals surface area contributed by atoms with Gasteiger partial charge in [-0.1, -0.05) is 36.4 Å². The van der Waals surface area contributed by atoms with E-state index in [1.54, 1.807) is 48.8 Å². The van der Waals surface area contributed by atoms with Gasteiger partial charge in [0.25, 0.3) is 11.8 Å². The van der Waals surface area contributed by atoms with Crippen molar-refractivity contribution in [3.8, 4) is 5.75 Å². The van der Waals surface area contributed by atoms with Crippen LogP contribution >= 0.6 is 0 Å². The molecule has 0 fully saturated rings. The second-order valence-electron chi connectivity index (χ2n) is 7.07. The van der Waals surface area contributed by atoms with E-state index in [1.165, 1.54) is 4.90 Å². The van der Waals surface area contributed by atoms with Crippen LogP contribution < -0.4 is 4.74 Å². The minimum atomic E-state index is -0.406. The molecule has 0 saturated heterocycles. The van der Waals surface area contributed by atoms with Crippen LogP contribution in [-0.2, 0) is 4.79 Å². The molecule has 0 radical (unpaired) electrons. The summed E-state index contributed by atoms with van der Waals surface area (Å²) in [5.41, 5.74) is 2.84. The summed E-state index contributed by atoms with van der Waals surface area (Å²) >= 11 is 0. The van der Waals surface area contributed by atoms with Crippen LogP contribution in [0, 0.1) is 0 Å². The molecule has 6 heteroatoms. The lowest BCUT2D eigenvalue weighted by Crippen LogP contribution is -2.31. The maximum absolute atomic E-state index is 12.3. The standard InChI is InChI=1S/C25H20N2O4/c28-23(6-3-17-27-24(29)21-4-1-2-5-22(21)25(27)30)31-20-11-9-18(10-12-20)7-8-19-13-15-26-16-14-19/h1-2,4-5,7-16H,3,6,17H2/b8-7+. The van der Waals surface area contributed by atoms with Gasteiger partial charge in [0.2, 0.25) is 0 Å². The highest BCUT2D eigenvalue weighted by Crippen LogP contribution is 2.23. The monoisotopic (exact) mass is 412 g/mol. The zero-order valence-corrected chi connectivity index (χ0v) is 16.7. The van der Waals surface area contributed by atoms with Gasteiger partial charge in [0.05, 0.1) is 11.1 Å². The number of benzene rings is 2.